The van der Waals surface area contributed by atoms with Crippen LogP contribution in [-0.2, 0) is 11.8 Å². The van der Waals surface area contributed by atoms with E-state index >= 15 is 0 Å². The third-order valence-electron chi connectivity index (χ3n) is 3.29. The summed E-state index contributed by atoms with van der Waals surface area (Å²) in [6.45, 7) is 10.7. The molecule has 0 saturated heterocycles. The third-order valence-corrected chi connectivity index (χ3v) is 3.29. The molecule has 2 rings (SSSR count). The van der Waals surface area contributed by atoms with Crippen LogP contribution in [0.25, 0.3) is 5.69 Å². The Balaban J connectivity index is 2.59. The molecule has 108 valence electrons. The highest BCUT2D eigenvalue weighted by Crippen LogP contribution is 2.36. The standard InChI is InChI=1S/C17H24N2O/c1-12(2)11-14-15(17(3,4)5)16(20)19(18-14)13-9-7-6-8-10-13/h6-10,12,20H,11H2,1-5H3. The molecule has 3 nitrogen and oxygen atoms in total. The van der Waals surface area contributed by atoms with Gasteiger partial charge >= 0.3 is 0 Å². The van der Waals surface area contributed by atoms with Gasteiger partial charge in [-0.15, -0.1) is 0 Å². The number of aromatic nitrogens is 2. The fourth-order valence-electron chi connectivity index (χ4n) is 2.50. The molecule has 0 bridgehead atoms. The molecule has 2 aromatic rings. The fraction of sp³-hybridized carbons (Fsp3) is 0.471. The highest BCUT2D eigenvalue weighted by molar-refractivity contribution is 5.44. The predicted molar refractivity (Wildman–Crippen MR) is 82.5 cm³/mol. The van der Waals surface area contributed by atoms with Crippen molar-refractivity contribution in [3.05, 3.63) is 41.6 Å². The Labute approximate surface area is 121 Å². The summed E-state index contributed by atoms with van der Waals surface area (Å²) in [6, 6.07) is 9.78. The van der Waals surface area contributed by atoms with Gasteiger partial charge in [-0.2, -0.15) is 5.10 Å². The van der Waals surface area contributed by atoms with Gasteiger partial charge in [0.1, 0.15) is 0 Å². The molecule has 0 amide bonds. The molecule has 1 N–H and O–H groups in total. The van der Waals surface area contributed by atoms with Gasteiger partial charge in [0.2, 0.25) is 5.88 Å². The normalized spacial score (nSPS) is 12.1. The van der Waals surface area contributed by atoms with E-state index in [0.29, 0.717) is 5.92 Å². The molecule has 0 aliphatic rings. The summed E-state index contributed by atoms with van der Waals surface area (Å²) in [5.74, 6) is 0.772. The molecule has 1 heterocycles. The van der Waals surface area contributed by atoms with Crippen LogP contribution in [0.3, 0.4) is 0 Å². The topological polar surface area (TPSA) is 38.0 Å². The number of aromatic hydroxyl groups is 1. The molecule has 0 spiro atoms. The lowest BCUT2D eigenvalue weighted by atomic mass is 9.85. The molecular formula is C17H24N2O. The number of para-hydroxylation sites is 1. The van der Waals surface area contributed by atoms with E-state index in [1.54, 1.807) is 4.68 Å². The quantitative estimate of drug-likeness (QED) is 0.914. The van der Waals surface area contributed by atoms with Crippen molar-refractivity contribution >= 4 is 0 Å². The molecule has 0 aliphatic heterocycles. The lowest BCUT2D eigenvalue weighted by Crippen LogP contribution is -2.14. The van der Waals surface area contributed by atoms with Crippen LogP contribution in [0.4, 0.5) is 0 Å². The Hall–Kier alpha value is -1.77. The zero-order chi connectivity index (χ0) is 14.9. The van der Waals surface area contributed by atoms with Crippen molar-refractivity contribution < 1.29 is 5.11 Å². The summed E-state index contributed by atoms with van der Waals surface area (Å²) in [5.41, 5.74) is 2.72. The molecule has 0 aliphatic carbocycles. The van der Waals surface area contributed by atoms with Crippen LogP contribution in [0.1, 0.15) is 45.9 Å². The Morgan fingerprint density at radius 3 is 2.25 bits per heavy atom. The molecule has 0 saturated carbocycles. The highest BCUT2D eigenvalue weighted by atomic mass is 16.3. The molecule has 0 atom stereocenters. The van der Waals surface area contributed by atoms with Gasteiger partial charge in [-0.25, -0.2) is 4.68 Å². The highest BCUT2D eigenvalue weighted by Gasteiger charge is 2.28. The second-order valence-electron chi connectivity index (χ2n) is 6.74. The van der Waals surface area contributed by atoms with Crippen molar-refractivity contribution in [2.24, 2.45) is 5.92 Å². The van der Waals surface area contributed by atoms with Crippen LogP contribution in [0.5, 0.6) is 5.88 Å². The Morgan fingerprint density at radius 1 is 1.15 bits per heavy atom. The second kappa shape index (κ2) is 5.31. The minimum atomic E-state index is -0.124. The number of hydrogen-bond donors (Lipinski definition) is 1. The Bertz CT molecular complexity index is 577. The van der Waals surface area contributed by atoms with Crippen molar-refractivity contribution in [1.29, 1.82) is 0 Å². The van der Waals surface area contributed by atoms with Crippen molar-refractivity contribution in [2.75, 3.05) is 0 Å². The first kappa shape index (κ1) is 14.6. The van der Waals surface area contributed by atoms with E-state index < -0.39 is 0 Å². The van der Waals surface area contributed by atoms with E-state index in [1.165, 1.54) is 0 Å². The van der Waals surface area contributed by atoms with Crippen LogP contribution in [0, 0.1) is 5.92 Å². The molecule has 1 aromatic heterocycles. The van der Waals surface area contributed by atoms with Gasteiger partial charge in [-0.1, -0.05) is 52.8 Å². The van der Waals surface area contributed by atoms with E-state index in [-0.39, 0.29) is 11.3 Å². The van der Waals surface area contributed by atoms with E-state index in [9.17, 15) is 5.11 Å². The van der Waals surface area contributed by atoms with Crippen molar-refractivity contribution in [1.82, 2.24) is 9.78 Å². The minimum Gasteiger partial charge on any atom is -0.493 e. The van der Waals surface area contributed by atoms with Crippen molar-refractivity contribution in [2.45, 2.75) is 46.5 Å². The Kier molecular flexibility index (Phi) is 3.89. The van der Waals surface area contributed by atoms with Crippen molar-refractivity contribution in [3.8, 4) is 11.6 Å². The predicted octanol–water partition coefficient (Wildman–Crippen LogP) is 4.07. The molecule has 1 aromatic carbocycles. The maximum Gasteiger partial charge on any atom is 0.218 e. The molecule has 0 fully saturated rings. The van der Waals surface area contributed by atoms with E-state index in [2.05, 4.69) is 39.7 Å². The molecule has 0 radical (unpaired) electrons. The summed E-state index contributed by atoms with van der Waals surface area (Å²) in [5, 5.41) is 15.3. The Morgan fingerprint density at radius 2 is 1.75 bits per heavy atom. The third kappa shape index (κ3) is 2.87. The van der Waals surface area contributed by atoms with Gasteiger partial charge in [0.05, 0.1) is 11.4 Å². The number of benzene rings is 1. The smallest absolute Gasteiger partial charge is 0.218 e. The zero-order valence-corrected chi connectivity index (χ0v) is 13.0. The number of hydrogen-bond acceptors (Lipinski definition) is 2. The van der Waals surface area contributed by atoms with Crippen molar-refractivity contribution in [3.63, 3.8) is 0 Å². The van der Waals surface area contributed by atoms with E-state index in [0.717, 1.165) is 23.4 Å². The molecule has 3 heteroatoms. The van der Waals surface area contributed by atoms with Gasteiger partial charge in [0, 0.05) is 5.56 Å². The average Bonchev–Trinajstić information content (AvgIpc) is 2.66. The number of nitrogens with zero attached hydrogens (tertiary/aromatic N) is 2. The maximum absolute atomic E-state index is 10.6. The molecule has 0 unspecified atom stereocenters. The molecule has 20 heavy (non-hydrogen) atoms. The zero-order valence-electron chi connectivity index (χ0n) is 13.0. The van der Waals surface area contributed by atoms with Crippen LogP contribution in [-0.4, -0.2) is 14.9 Å². The summed E-state index contributed by atoms with van der Waals surface area (Å²) in [6.07, 6.45) is 0.875. The summed E-state index contributed by atoms with van der Waals surface area (Å²) in [4.78, 5) is 0. The summed E-state index contributed by atoms with van der Waals surface area (Å²) >= 11 is 0. The minimum absolute atomic E-state index is 0.124. The van der Waals surface area contributed by atoms with Gasteiger partial charge in [0.25, 0.3) is 0 Å². The largest absolute Gasteiger partial charge is 0.493 e. The first-order valence-electron chi connectivity index (χ1n) is 7.17. The van der Waals surface area contributed by atoms with E-state index in [1.807, 2.05) is 30.3 Å². The maximum atomic E-state index is 10.6. The van der Waals surface area contributed by atoms with Gasteiger partial charge < -0.3 is 5.11 Å². The van der Waals surface area contributed by atoms with Crippen LogP contribution < -0.4 is 0 Å². The summed E-state index contributed by atoms with van der Waals surface area (Å²) in [7, 11) is 0. The lowest BCUT2D eigenvalue weighted by Gasteiger charge is -2.19. The van der Waals surface area contributed by atoms with Gasteiger partial charge in [-0.05, 0) is 29.9 Å². The van der Waals surface area contributed by atoms with Gasteiger partial charge in [0.15, 0.2) is 0 Å². The van der Waals surface area contributed by atoms with Crippen LogP contribution >= 0.6 is 0 Å². The fourth-order valence-corrected chi connectivity index (χ4v) is 2.50. The van der Waals surface area contributed by atoms with Gasteiger partial charge in [-0.3, -0.25) is 0 Å². The van der Waals surface area contributed by atoms with Crippen LogP contribution in [0.15, 0.2) is 30.3 Å². The van der Waals surface area contributed by atoms with Crippen LogP contribution in [0.2, 0.25) is 0 Å². The first-order valence-corrected chi connectivity index (χ1v) is 7.17. The SMILES string of the molecule is CC(C)Cc1nn(-c2ccccc2)c(O)c1C(C)(C)C. The summed E-state index contributed by atoms with van der Waals surface area (Å²) < 4.78 is 1.65. The lowest BCUT2D eigenvalue weighted by molar-refractivity contribution is 0.413. The average molecular weight is 272 g/mol. The monoisotopic (exact) mass is 272 g/mol. The first-order chi connectivity index (χ1) is 9.30. The van der Waals surface area contributed by atoms with E-state index in [4.69, 9.17) is 0 Å². The number of rotatable bonds is 3. The second-order valence-corrected chi connectivity index (χ2v) is 6.74. The molecular weight excluding hydrogens is 248 g/mol.